The van der Waals surface area contributed by atoms with Gasteiger partial charge in [0.2, 0.25) is 5.91 Å². The van der Waals surface area contributed by atoms with Gasteiger partial charge in [-0.15, -0.1) is 0 Å². The van der Waals surface area contributed by atoms with E-state index in [1.54, 1.807) is 18.0 Å². The smallest absolute Gasteiger partial charge is 0.269 e. The Morgan fingerprint density at radius 3 is 3.00 bits per heavy atom. The molecule has 1 N–H and O–H groups in total. The van der Waals surface area contributed by atoms with Crippen LogP contribution in [0.25, 0.3) is 0 Å². The molecule has 6 heteroatoms. The number of carbonyl (C=O) groups is 1. The number of amides is 1. The molecule has 1 fully saturated rings. The zero-order valence-corrected chi connectivity index (χ0v) is 10.8. The van der Waals surface area contributed by atoms with Crippen LogP contribution < -0.4 is 5.32 Å². The van der Waals surface area contributed by atoms with E-state index >= 15 is 0 Å². The third-order valence-electron chi connectivity index (χ3n) is 3.37. The van der Waals surface area contributed by atoms with Gasteiger partial charge >= 0.3 is 0 Å². The zero-order valence-electron chi connectivity index (χ0n) is 10.8. The molecule has 1 aliphatic rings. The van der Waals surface area contributed by atoms with Gasteiger partial charge in [0.25, 0.3) is 5.69 Å². The molecule has 0 spiro atoms. The highest BCUT2D eigenvalue weighted by molar-refractivity contribution is 5.82. The molecule has 1 amide bonds. The van der Waals surface area contributed by atoms with Gasteiger partial charge in [-0.2, -0.15) is 0 Å². The second kappa shape index (κ2) is 5.79. The van der Waals surface area contributed by atoms with Gasteiger partial charge in [0, 0.05) is 25.2 Å². The van der Waals surface area contributed by atoms with Crippen molar-refractivity contribution < 1.29 is 9.72 Å². The summed E-state index contributed by atoms with van der Waals surface area (Å²) in [7, 11) is 1.78. The van der Waals surface area contributed by atoms with Crippen molar-refractivity contribution >= 4 is 11.6 Å². The van der Waals surface area contributed by atoms with Crippen molar-refractivity contribution in [3.8, 4) is 0 Å². The molecule has 1 heterocycles. The molecule has 2 rings (SSSR count). The van der Waals surface area contributed by atoms with Crippen LogP contribution in [-0.4, -0.2) is 35.4 Å². The molecule has 0 saturated carbocycles. The Kier molecular flexibility index (Phi) is 4.11. The number of nitrogens with zero attached hydrogens (tertiary/aromatic N) is 2. The third-order valence-corrected chi connectivity index (χ3v) is 3.37. The first-order valence-electron chi connectivity index (χ1n) is 6.31. The van der Waals surface area contributed by atoms with Crippen LogP contribution in [0.2, 0.25) is 0 Å². The molecular formula is C13H17N3O3. The van der Waals surface area contributed by atoms with Crippen molar-refractivity contribution in [2.24, 2.45) is 0 Å². The largest absolute Gasteiger partial charge is 0.337 e. The number of carbonyl (C=O) groups excluding carboxylic acids is 1. The summed E-state index contributed by atoms with van der Waals surface area (Å²) >= 11 is 0. The zero-order chi connectivity index (χ0) is 13.8. The molecule has 1 aromatic carbocycles. The van der Waals surface area contributed by atoms with E-state index in [-0.39, 0.29) is 17.6 Å². The lowest BCUT2D eigenvalue weighted by Gasteiger charge is -2.32. The number of nitro groups is 1. The minimum atomic E-state index is -0.419. The van der Waals surface area contributed by atoms with Crippen molar-refractivity contribution in [1.82, 2.24) is 10.2 Å². The first kappa shape index (κ1) is 13.5. The van der Waals surface area contributed by atoms with Gasteiger partial charge in [-0.05, 0) is 25.5 Å². The lowest BCUT2D eigenvalue weighted by molar-refractivity contribution is -0.384. The first-order valence-corrected chi connectivity index (χ1v) is 6.31. The number of nitro benzene ring substituents is 1. The van der Waals surface area contributed by atoms with Crippen LogP contribution in [0.3, 0.4) is 0 Å². The van der Waals surface area contributed by atoms with Crippen LogP contribution in [0.4, 0.5) is 5.69 Å². The van der Waals surface area contributed by atoms with Crippen molar-refractivity contribution in [1.29, 1.82) is 0 Å². The number of hydrogen-bond acceptors (Lipinski definition) is 4. The van der Waals surface area contributed by atoms with Gasteiger partial charge in [-0.25, -0.2) is 0 Å². The van der Waals surface area contributed by atoms with E-state index in [9.17, 15) is 14.9 Å². The molecule has 0 bridgehead atoms. The summed E-state index contributed by atoms with van der Waals surface area (Å²) in [6.45, 7) is 1.14. The number of hydrogen-bond donors (Lipinski definition) is 1. The topological polar surface area (TPSA) is 75.5 Å². The summed E-state index contributed by atoms with van der Waals surface area (Å²) in [6.07, 6.45) is 1.80. The minimum Gasteiger partial charge on any atom is -0.337 e. The molecule has 1 unspecified atom stereocenters. The number of likely N-dealkylation sites (tertiary alicyclic amines) is 1. The quantitative estimate of drug-likeness (QED) is 0.656. The number of likely N-dealkylation sites (N-methyl/N-ethyl adjacent to an activating group) is 1. The molecule has 1 atom stereocenters. The van der Waals surface area contributed by atoms with E-state index in [1.165, 1.54) is 12.1 Å². The molecule has 1 aliphatic heterocycles. The van der Waals surface area contributed by atoms with E-state index in [1.807, 2.05) is 6.07 Å². The number of benzene rings is 1. The van der Waals surface area contributed by atoms with E-state index in [0.717, 1.165) is 18.4 Å². The summed E-state index contributed by atoms with van der Waals surface area (Å²) in [5.74, 6) is 0.0697. The van der Waals surface area contributed by atoms with Crippen LogP contribution in [0, 0.1) is 10.1 Å². The summed E-state index contributed by atoms with van der Waals surface area (Å²) in [6, 6.07) is 6.31. The molecule has 6 nitrogen and oxygen atoms in total. The molecule has 19 heavy (non-hydrogen) atoms. The van der Waals surface area contributed by atoms with Gasteiger partial charge in [0.15, 0.2) is 0 Å². The van der Waals surface area contributed by atoms with E-state index in [4.69, 9.17) is 0 Å². The van der Waals surface area contributed by atoms with Crippen LogP contribution in [0.15, 0.2) is 24.3 Å². The monoisotopic (exact) mass is 263 g/mol. The summed E-state index contributed by atoms with van der Waals surface area (Å²) in [5, 5.41) is 13.7. The second-order valence-electron chi connectivity index (χ2n) is 4.67. The Bertz CT molecular complexity index is 490. The van der Waals surface area contributed by atoms with Crippen LogP contribution in [0.1, 0.15) is 18.4 Å². The fraction of sp³-hybridized carbons (Fsp3) is 0.462. The molecule has 1 aromatic rings. The van der Waals surface area contributed by atoms with Crippen LogP contribution in [0.5, 0.6) is 0 Å². The maximum atomic E-state index is 12.1. The standard InChI is InChI=1S/C13H17N3O3/c1-14-12-6-3-7-15(13(12)17)9-10-4-2-5-11(8-10)16(18)19/h2,4-5,8,12,14H,3,6-7,9H2,1H3. The SMILES string of the molecule is CNC1CCCN(Cc2cccc([N+](=O)[O-])c2)C1=O. The Labute approximate surface area is 111 Å². The Morgan fingerprint density at radius 1 is 1.53 bits per heavy atom. The minimum absolute atomic E-state index is 0.0622. The normalized spacial score (nSPS) is 19.5. The lowest BCUT2D eigenvalue weighted by atomic mass is 10.0. The van der Waals surface area contributed by atoms with Crippen molar-refractivity contribution in [3.05, 3.63) is 39.9 Å². The average molecular weight is 263 g/mol. The van der Waals surface area contributed by atoms with Gasteiger partial charge in [-0.1, -0.05) is 12.1 Å². The average Bonchev–Trinajstić information content (AvgIpc) is 2.41. The van der Waals surface area contributed by atoms with E-state index in [0.29, 0.717) is 13.1 Å². The first-order chi connectivity index (χ1) is 9.11. The van der Waals surface area contributed by atoms with E-state index in [2.05, 4.69) is 5.32 Å². The molecule has 102 valence electrons. The maximum Gasteiger partial charge on any atom is 0.269 e. The Morgan fingerprint density at radius 2 is 2.32 bits per heavy atom. The number of piperidine rings is 1. The van der Waals surface area contributed by atoms with Gasteiger partial charge in [-0.3, -0.25) is 14.9 Å². The molecule has 0 aliphatic carbocycles. The molecular weight excluding hydrogens is 246 g/mol. The predicted octanol–water partition coefficient (Wildman–Crippen LogP) is 1.31. The molecule has 1 saturated heterocycles. The highest BCUT2D eigenvalue weighted by Crippen LogP contribution is 2.18. The molecule has 0 aromatic heterocycles. The summed E-state index contributed by atoms with van der Waals surface area (Å²) in [4.78, 5) is 24.2. The van der Waals surface area contributed by atoms with Crippen molar-refractivity contribution in [2.75, 3.05) is 13.6 Å². The highest BCUT2D eigenvalue weighted by Gasteiger charge is 2.27. The van der Waals surface area contributed by atoms with Crippen molar-refractivity contribution in [2.45, 2.75) is 25.4 Å². The number of nitrogens with one attached hydrogen (secondary N) is 1. The second-order valence-corrected chi connectivity index (χ2v) is 4.67. The number of rotatable bonds is 4. The lowest BCUT2D eigenvalue weighted by Crippen LogP contribution is -2.49. The van der Waals surface area contributed by atoms with E-state index < -0.39 is 4.92 Å². The van der Waals surface area contributed by atoms with Crippen LogP contribution >= 0.6 is 0 Å². The summed E-state index contributed by atoms with van der Waals surface area (Å²) in [5.41, 5.74) is 0.853. The van der Waals surface area contributed by atoms with Gasteiger partial charge in [0.1, 0.15) is 0 Å². The predicted molar refractivity (Wildman–Crippen MR) is 70.6 cm³/mol. The third kappa shape index (κ3) is 3.08. The van der Waals surface area contributed by atoms with Gasteiger partial charge < -0.3 is 10.2 Å². The maximum absolute atomic E-state index is 12.1. The van der Waals surface area contributed by atoms with Crippen molar-refractivity contribution in [3.63, 3.8) is 0 Å². The Hall–Kier alpha value is -1.95. The fourth-order valence-corrected chi connectivity index (χ4v) is 2.35. The van der Waals surface area contributed by atoms with Gasteiger partial charge in [0.05, 0.1) is 11.0 Å². The summed E-state index contributed by atoms with van der Waals surface area (Å²) < 4.78 is 0. The van der Waals surface area contributed by atoms with Crippen LogP contribution in [-0.2, 0) is 11.3 Å². The highest BCUT2D eigenvalue weighted by atomic mass is 16.6. The number of non-ortho nitro benzene ring substituents is 1. The Balaban J connectivity index is 2.10. The fourth-order valence-electron chi connectivity index (χ4n) is 2.35. The molecule has 0 radical (unpaired) electrons.